The highest BCUT2D eigenvalue weighted by atomic mass is 79.9. The molecule has 1 atom stereocenters. The number of methoxy groups -OCH3 is 1. The third-order valence-corrected chi connectivity index (χ3v) is 4.39. The van der Waals surface area contributed by atoms with Crippen LogP contribution >= 0.6 is 15.9 Å². The summed E-state index contributed by atoms with van der Waals surface area (Å²) < 4.78 is 7.67. The van der Waals surface area contributed by atoms with Crippen LogP contribution in [0.4, 0.5) is 0 Å². The summed E-state index contributed by atoms with van der Waals surface area (Å²) in [6.45, 7) is 2.06. The van der Waals surface area contributed by atoms with Gasteiger partial charge in [0.15, 0.2) is 0 Å². The Kier molecular flexibility index (Phi) is 4.80. The summed E-state index contributed by atoms with van der Waals surface area (Å²) in [6, 6.07) is 13.2. The zero-order valence-corrected chi connectivity index (χ0v) is 14.9. The van der Waals surface area contributed by atoms with Gasteiger partial charge in [0, 0.05) is 0 Å². The van der Waals surface area contributed by atoms with Crippen molar-refractivity contribution in [3.63, 3.8) is 0 Å². The number of hydrogen-bond acceptors (Lipinski definition) is 4. The summed E-state index contributed by atoms with van der Waals surface area (Å²) in [4.78, 5) is 12.3. The van der Waals surface area contributed by atoms with Gasteiger partial charge < -0.3 is 10.1 Å². The Morgan fingerprint density at radius 1 is 1.33 bits per heavy atom. The minimum atomic E-state index is -0.130. The van der Waals surface area contributed by atoms with Crippen molar-refractivity contribution in [1.82, 2.24) is 20.3 Å². The average Bonchev–Trinajstić information content (AvgIpc) is 2.97. The smallest absolute Gasteiger partial charge is 0.242 e. The predicted molar refractivity (Wildman–Crippen MR) is 94.8 cm³/mol. The first-order valence-corrected chi connectivity index (χ1v) is 8.29. The Bertz CT molecular complexity index is 878. The fourth-order valence-corrected chi connectivity index (χ4v) is 3.05. The van der Waals surface area contributed by atoms with Crippen molar-refractivity contribution < 1.29 is 9.53 Å². The second-order valence-electron chi connectivity index (χ2n) is 5.42. The summed E-state index contributed by atoms with van der Waals surface area (Å²) >= 11 is 3.46. The Morgan fingerprint density at radius 2 is 2.12 bits per heavy atom. The zero-order chi connectivity index (χ0) is 17.1. The van der Waals surface area contributed by atoms with Gasteiger partial charge in [-0.1, -0.05) is 23.4 Å². The monoisotopic (exact) mass is 388 g/mol. The molecule has 24 heavy (non-hydrogen) atoms. The molecule has 1 amide bonds. The Morgan fingerprint density at radius 3 is 2.88 bits per heavy atom. The molecule has 0 saturated carbocycles. The molecule has 0 spiro atoms. The molecule has 2 aromatic carbocycles. The van der Waals surface area contributed by atoms with Crippen molar-refractivity contribution >= 4 is 32.9 Å². The molecular weight excluding hydrogens is 372 g/mol. The zero-order valence-electron chi connectivity index (χ0n) is 13.4. The molecule has 0 aliphatic rings. The Balaban J connectivity index is 1.69. The Labute approximate surface area is 147 Å². The molecule has 124 valence electrons. The lowest BCUT2D eigenvalue weighted by molar-refractivity contribution is -0.122. The fraction of sp³-hybridized carbons (Fsp3) is 0.235. The van der Waals surface area contributed by atoms with E-state index in [-0.39, 0.29) is 18.5 Å². The highest BCUT2D eigenvalue weighted by Gasteiger charge is 2.13. The van der Waals surface area contributed by atoms with E-state index >= 15 is 0 Å². The first-order valence-electron chi connectivity index (χ1n) is 7.49. The van der Waals surface area contributed by atoms with Gasteiger partial charge in [-0.3, -0.25) is 4.79 Å². The van der Waals surface area contributed by atoms with Crippen molar-refractivity contribution in [3.05, 3.63) is 52.5 Å². The molecule has 7 heteroatoms. The van der Waals surface area contributed by atoms with E-state index in [9.17, 15) is 4.79 Å². The number of amides is 1. The van der Waals surface area contributed by atoms with Gasteiger partial charge >= 0.3 is 0 Å². The van der Waals surface area contributed by atoms with Gasteiger partial charge in [0.05, 0.1) is 23.1 Å². The average molecular weight is 389 g/mol. The van der Waals surface area contributed by atoms with Gasteiger partial charge in [-0.05, 0) is 52.7 Å². The summed E-state index contributed by atoms with van der Waals surface area (Å²) in [5.41, 5.74) is 2.60. The van der Waals surface area contributed by atoms with Crippen LogP contribution in [0.15, 0.2) is 46.9 Å². The molecule has 0 aliphatic heterocycles. The number of benzene rings is 2. The Hall–Kier alpha value is -2.41. The quantitative estimate of drug-likeness (QED) is 0.728. The van der Waals surface area contributed by atoms with E-state index in [1.807, 2.05) is 49.4 Å². The largest absolute Gasteiger partial charge is 0.496 e. The number of nitrogens with one attached hydrogen (secondary N) is 1. The third kappa shape index (κ3) is 3.41. The van der Waals surface area contributed by atoms with E-state index in [1.54, 1.807) is 11.8 Å². The van der Waals surface area contributed by atoms with Crippen LogP contribution in [0, 0.1) is 0 Å². The van der Waals surface area contributed by atoms with Crippen LogP contribution < -0.4 is 10.1 Å². The van der Waals surface area contributed by atoms with E-state index in [2.05, 4.69) is 31.6 Å². The number of halogens is 1. The molecule has 6 nitrogen and oxygen atoms in total. The maximum atomic E-state index is 12.3. The summed E-state index contributed by atoms with van der Waals surface area (Å²) in [6.07, 6.45) is 0. The van der Waals surface area contributed by atoms with Crippen molar-refractivity contribution in [2.24, 2.45) is 0 Å². The lowest BCUT2D eigenvalue weighted by Crippen LogP contribution is -2.30. The predicted octanol–water partition coefficient (Wildman–Crippen LogP) is 3.08. The molecule has 3 rings (SSSR count). The molecule has 1 N–H and O–H groups in total. The van der Waals surface area contributed by atoms with E-state index in [4.69, 9.17) is 4.74 Å². The van der Waals surface area contributed by atoms with Gasteiger partial charge in [-0.25, -0.2) is 4.68 Å². The van der Waals surface area contributed by atoms with Crippen LogP contribution in [0.25, 0.3) is 11.0 Å². The number of fused-ring (bicyclic) bond motifs is 1. The van der Waals surface area contributed by atoms with E-state index in [0.29, 0.717) is 0 Å². The molecular formula is C17H17BrN4O2. The van der Waals surface area contributed by atoms with Crippen LogP contribution in [0.5, 0.6) is 5.75 Å². The fourth-order valence-electron chi connectivity index (χ4n) is 2.49. The molecule has 0 aliphatic carbocycles. The van der Waals surface area contributed by atoms with Gasteiger partial charge in [0.2, 0.25) is 5.91 Å². The molecule has 0 radical (unpaired) electrons. The lowest BCUT2D eigenvalue weighted by atomic mass is 10.1. The molecule has 1 heterocycles. The highest BCUT2D eigenvalue weighted by Crippen LogP contribution is 2.27. The number of aromatic nitrogens is 3. The third-order valence-electron chi connectivity index (χ3n) is 3.77. The molecule has 1 aromatic heterocycles. The standard InChI is InChI=1S/C17H17BrN4O2/c1-11(12-7-8-16(24-2)13(18)9-12)19-17(23)10-22-15-6-4-3-5-14(15)20-21-22/h3-9,11H,10H2,1-2H3,(H,19,23). The minimum absolute atomic E-state index is 0.120. The van der Waals surface area contributed by atoms with E-state index < -0.39 is 0 Å². The first kappa shape index (κ1) is 16.4. The van der Waals surface area contributed by atoms with Crippen LogP contribution in [-0.4, -0.2) is 28.0 Å². The highest BCUT2D eigenvalue weighted by molar-refractivity contribution is 9.10. The van der Waals surface area contributed by atoms with Gasteiger partial charge in [-0.2, -0.15) is 0 Å². The van der Waals surface area contributed by atoms with Crippen molar-refractivity contribution in [2.45, 2.75) is 19.5 Å². The summed E-state index contributed by atoms with van der Waals surface area (Å²) in [5.74, 6) is 0.636. The molecule has 0 bridgehead atoms. The molecule has 0 fully saturated rings. The lowest BCUT2D eigenvalue weighted by Gasteiger charge is -2.15. The number of nitrogens with zero attached hydrogens (tertiary/aromatic N) is 3. The van der Waals surface area contributed by atoms with Crippen molar-refractivity contribution in [3.8, 4) is 5.75 Å². The number of carbonyl (C=O) groups excluding carboxylic acids is 1. The first-order chi connectivity index (χ1) is 11.6. The molecule has 3 aromatic rings. The number of ether oxygens (including phenoxy) is 1. The minimum Gasteiger partial charge on any atom is -0.496 e. The van der Waals surface area contributed by atoms with Crippen molar-refractivity contribution in [1.29, 1.82) is 0 Å². The van der Waals surface area contributed by atoms with E-state index in [1.165, 1.54) is 0 Å². The molecule has 0 saturated heterocycles. The van der Waals surface area contributed by atoms with Crippen LogP contribution in [0.3, 0.4) is 0 Å². The molecule has 1 unspecified atom stereocenters. The SMILES string of the molecule is COc1ccc(C(C)NC(=O)Cn2nnc3ccccc32)cc1Br. The van der Waals surface area contributed by atoms with Crippen LogP contribution in [0.1, 0.15) is 18.5 Å². The van der Waals surface area contributed by atoms with Crippen molar-refractivity contribution in [2.75, 3.05) is 7.11 Å². The number of hydrogen-bond donors (Lipinski definition) is 1. The maximum Gasteiger partial charge on any atom is 0.242 e. The summed E-state index contributed by atoms with van der Waals surface area (Å²) in [7, 11) is 1.62. The van der Waals surface area contributed by atoms with Crippen LogP contribution in [0.2, 0.25) is 0 Å². The van der Waals surface area contributed by atoms with Gasteiger partial charge in [0.1, 0.15) is 17.8 Å². The van der Waals surface area contributed by atoms with Crippen LogP contribution in [-0.2, 0) is 11.3 Å². The normalized spacial score (nSPS) is 12.1. The number of rotatable bonds is 5. The number of carbonyl (C=O) groups is 1. The topological polar surface area (TPSA) is 69.0 Å². The maximum absolute atomic E-state index is 12.3. The number of para-hydroxylation sites is 1. The second-order valence-corrected chi connectivity index (χ2v) is 6.27. The summed E-state index contributed by atoms with van der Waals surface area (Å²) in [5, 5.41) is 11.1. The van der Waals surface area contributed by atoms with E-state index in [0.717, 1.165) is 26.8 Å². The second kappa shape index (κ2) is 7.00. The van der Waals surface area contributed by atoms with Gasteiger partial charge in [-0.15, -0.1) is 5.10 Å². The van der Waals surface area contributed by atoms with Gasteiger partial charge in [0.25, 0.3) is 0 Å².